The maximum atomic E-state index is 9.24. The van der Waals surface area contributed by atoms with E-state index in [0.29, 0.717) is 6.04 Å². The van der Waals surface area contributed by atoms with Gasteiger partial charge in [0.2, 0.25) is 0 Å². The Labute approximate surface area is 87.1 Å². The standard InChI is InChI=1S/C11H21N3/c1-4-10(2)13-11(9-12)5-7-14(3)8-6-11/h10,13H,4-8H2,1-3H3. The summed E-state index contributed by atoms with van der Waals surface area (Å²) in [4.78, 5) is 2.29. The highest BCUT2D eigenvalue weighted by Crippen LogP contribution is 2.21. The van der Waals surface area contributed by atoms with Gasteiger partial charge in [-0.05, 0) is 33.2 Å². The Morgan fingerprint density at radius 1 is 1.50 bits per heavy atom. The predicted molar refractivity (Wildman–Crippen MR) is 58.0 cm³/mol. The van der Waals surface area contributed by atoms with Gasteiger partial charge in [0.1, 0.15) is 5.54 Å². The van der Waals surface area contributed by atoms with E-state index in [0.717, 1.165) is 32.4 Å². The fourth-order valence-electron chi connectivity index (χ4n) is 1.86. The average Bonchev–Trinajstić information content (AvgIpc) is 2.22. The summed E-state index contributed by atoms with van der Waals surface area (Å²) in [6, 6.07) is 2.91. The minimum atomic E-state index is -0.262. The van der Waals surface area contributed by atoms with E-state index in [1.165, 1.54) is 0 Å². The first-order valence-corrected chi connectivity index (χ1v) is 5.49. The molecule has 1 saturated heterocycles. The van der Waals surface area contributed by atoms with Crippen LogP contribution in [0.3, 0.4) is 0 Å². The quantitative estimate of drug-likeness (QED) is 0.739. The first-order valence-electron chi connectivity index (χ1n) is 5.49. The van der Waals surface area contributed by atoms with Gasteiger partial charge in [-0.25, -0.2) is 0 Å². The zero-order valence-electron chi connectivity index (χ0n) is 9.51. The van der Waals surface area contributed by atoms with Crippen molar-refractivity contribution in [2.75, 3.05) is 20.1 Å². The molecule has 80 valence electrons. The number of rotatable bonds is 3. The van der Waals surface area contributed by atoms with Crippen LogP contribution in [-0.4, -0.2) is 36.6 Å². The molecule has 0 saturated carbocycles. The van der Waals surface area contributed by atoms with Crippen molar-refractivity contribution >= 4 is 0 Å². The Balaban J connectivity index is 2.55. The number of hydrogen-bond acceptors (Lipinski definition) is 3. The third-order valence-corrected chi connectivity index (χ3v) is 3.19. The van der Waals surface area contributed by atoms with E-state index >= 15 is 0 Å². The largest absolute Gasteiger partial charge is 0.306 e. The molecule has 1 unspecified atom stereocenters. The Morgan fingerprint density at radius 3 is 2.50 bits per heavy atom. The van der Waals surface area contributed by atoms with E-state index in [2.05, 4.69) is 37.2 Å². The first-order chi connectivity index (χ1) is 6.62. The van der Waals surface area contributed by atoms with Crippen molar-refractivity contribution in [2.45, 2.75) is 44.7 Å². The first kappa shape index (κ1) is 11.5. The van der Waals surface area contributed by atoms with Crippen LogP contribution in [0.5, 0.6) is 0 Å². The molecule has 1 N–H and O–H groups in total. The molecule has 1 aliphatic heterocycles. The normalized spacial score (nSPS) is 24.1. The average molecular weight is 195 g/mol. The Kier molecular flexibility index (Phi) is 3.91. The lowest BCUT2D eigenvalue weighted by Crippen LogP contribution is -2.54. The molecule has 0 radical (unpaired) electrons. The van der Waals surface area contributed by atoms with Crippen LogP contribution in [-0.2, 0) is 0 Å². The summed E-state index contributed by atoms with van der Waals surface area (Å²) in [5.74, 6) is 0. The van der Waals surface area contributed by atoms with E-state index in [4.69, 9.17) is 0 Å². The fourth-order valence-corrected chi connectivity index (χ4v) is 1.86. The monoisotopic (exact) mass is 195 g/mol. The highest BCUT2D eigenvalue weighted by atomic mass is 15.1. The van der Waals surface area contributed by atoms with Gasteiger partial charge in [0.05, 0.1) is 6.07 Å². The molecular weight excluding hydrogens is 174 g/mol. The van der Waals surface area contributed by atoms with Gasteiger partial charge in [0.25, 0.3) is 0 Å². The number of nitrogens with zero attached hydrogens (tertiary/aromatic N) is 2. The lowest BCUT2D eigenvalue weighted by atomic mass is 9.88. The van der Waals surface area contributed by atoms with Crippen molar-refractivity contribution in [3.05, 3.63) is 0 Å². The van der Waals surface area contributed by atoms with Crippen LogP contribution in [0.25, 0.3) is 0 Å². The Bertz CT molecular complexity index is 211. The smallest absolute Gasteiger partial charge is 0.109 e. The Morgan fingerprint density at radius 2 is 2.07 bits per heavy atom. The maximum absolute atomic E-state index is 9.24. The second-order valence-electron chi connectivity index (χ2n) is 4.45. The number of hydrogen-bond donors (Lipinski definition) is 1. The van der Waals surface area contributed by atoms with Gasteiger partial charge >= 0.3 is 0 Å². The molecule has 0 aliphatic carbocycles. The molecule has 3 nitrogen and oxygen atoms in total. The molecule has 1 atom stereocenters. The van der Waals surface area contributed by atoms with Crippen LogP contribution in [0.15, 0.2) is 0 Å². The van der Waals surface area contributed by atoms with Crippen molar-refractivity contribution in [3.63, 3.8) is 0 Å². The summed E-state index contributed by atoms with van der Waals surface area (Å²) < 4.78 is 0. The van der Waals surface area contributed by atoms with Crippen molar-refractivity contribution in [1.29, 1.82) is 5.26 Å². The summed E-state index contributed by atoms with van der Waals surface area (Å²) in [7, 11) is 2.12. The van der Waals surface area contributed by atoms with Crippen LogP contribution in [0.2, 0.25) is 0 Å². The topological polar surface area (TPSA) is 39.1 Å². The van der Waals surface area contributed by atoms with E-state index in [1.807, 2.05) is 0 Å². The number of nitrogens with one attached hydrogen (secondary N) is 1. The van der Waals surface area contributed by atoms with E-state index in [1.54, 1.807) is 0 Å². The fraction of sp³-hybridized carbons (Fsp3) is 0.909. The van der Waals surface area contributed by atoms with Gasteiger partial charge in [-0.3, -0.25) is 5.32 Å². The van der Waals surface area contributed by atoms with Crippen LogP contribution >= 0.6 is 0 Å². The van der Waals surface area contributed by atoms with Gasteiger partial charge in [-0.2, -0.15) is 5.26 Å². The third-order valence-electron chi connectivity index (χ3n) is 3.19. The lowest BCUT2D eigenvalue weighted by molar-refractivity contribution is 0.184. The minimum Gasteiger partial charge on any atom is -0.306 e. The highest BCUT2D eigenvalue weighted by molar-refractivity contribution is 5.10. The molecule has 14 heavy (non-hydrogen) atoms. The number of likely N-dealkylation sites (tertiary alicyclic amines) is 1. The molecule has 1 fully saturated rings. The molecule has 0 bridgehead atoms. The van der Waals surface area contributed by atoms with Crippen molar-refractivity contribution in [2.24, 2.45) is 0 Å². The molecule has 0 spiro atoms. The van der Waals surface area contributed by atoms with E-state index in [-0.39, 0.29) is 5.54 Å². The van der Waals surface area contributed by atoms with E-state index in [9.17, 15) is 5.26 Å². The van der Waals surface area contributed by atoms with Gasteiger partial charge in [0, 0.05) is 19.1 Å². The summed E-state index contributed by atoms with van der Waals surface area (Å²) in [5.41, 5.74) is -0.262. The second-order valence-corrected chi connectivity index (χ2v) is 4.45. The molecule has 3 heteroatoms. The molecular formula is C11H21N3. The third kappa shape index (κ3) is 2.70. The van der Waals surface area contributed by atoms with Crippen LogP contribution < -0.4 is 5.32 Å². The van der Waals surface area contributed by atoms with Crippen molar-refractivity contribution < 1.29 is 0 Å². The molecule has 0 aromatic rings. The summed E-state index contributed by atoms with van der Waals surface area (Å²) in [6.45, 7) is 6.35. The highest BCUT2D eigenvalue weighted by Gasteiger charge is 2.34. The molecule has 1 aliphatic rings. The summed E-state index contributed by atoms with van der Waals surface area (Å²) in [5, 5.41) is 12.7. The SMILES string of the molecule is CCC(C)NC1(C#N)CCN(C)CC1. The molecule has 1 heterocycles. The van der Waals surface area contributed by atoms with Crippen molar-refractivity contribution in [3.8, 4) is 6.07 Å². The predicted octanol–water partition coefficient (Wildman–Crippen LogP) is 1.36. The number of piperidine rings is 1. The van der Waals surface area contributed by atoms with Gasteiger partial charge < -0.3 is 4.90 Å². The molecule has 0 aromatic heterocycles. The van der Waals surface area contributed by atoms with Crippen LogP contribution in [0.1, 0.15) is 33.1 Å². The van der Waals surface area contributed by atoms with Crippen molar-refractivity contribution in [1.82, 2.24) is 10.2 Å². The lowest BCUT2D eigenvalue weighted by Gasteiger charge is -2.37. The summed E-state index contributed by atoms with van der Waals surface area (Å²) in [6.07, 6.45) is 2.98. The van der Waals surface area contributed by atoms with Gasteiger partial charge in [-0.15, -0.1) is 0 Å². The van der Waals surface area contributed by atoms with E-state index < -0.39 is 0 Å². The Hall–Kier alpha value is -0.590. The van der Waals surface area contributed by atoms with Gasteiger partial charge in [-0.1, -0.05) is 6.92 Å². The molecule has 0 aromatic carbocycles. The molecule has 1 rings (SSSR count). The van der Waals surface area contributed by atoms with Crippen LogP contribution in [0.4, 0.5) is 0 Å². The second kappa shape index (κ2) is 4.77. The zero-order valence-corrected chi connectivity index (χ0v) is 9.51. The summed E-state index contributed by atoms with van der Waals surface area (Å²) >= 11 is 0. The minimum absolute atomic E-state index is 0.262. The number of nitriles is 1. The van der Waals surface area contributed by atoms with Crippen LogP contribution in [0, 0.1) is 11.3 Å². The molecule has 0 amide bonds. The van der Waals surface area contributed by atoms with Gasteiger partial charge in [0.15, 0.2) is 0 Å². The maximum Gasteiger partial charge on any atom is 0.109 e. The zero-order chi connectivity index (χ0) is 10.6.